The van der Waals surface area contributed by atoms with Crippen molar-refractivity contribution in [2.45, 2.75) is 12.5 Å². The van der Waals surface area contributed by atoms with Gasteiger partial charge in [-0.3, -0.25) is 4.79 Å². The van der Waals surface area contributed by atoms with Crippen LogP contribution in [0.25, 0.3) is 11.0 Å². The Balaban J connectivity index is 2.18. The van der Waals surface area contributed by atoms with Gasteiger partial charge in [0.25, 0.3) is 0 Å². The topological polar surface area (TPSA) is 90.1 Å². The second kappa shape index (κ2) is 6.25. The summed E-state index contributed by atoms with van der Waals surface area (Å²) in [6.45, 7) is 0.421. The number of halogens is 1. The van der Waals surface area contributed by atoms with E-state index in [1.807, 2.05) is 0 Å². The molecular weight excluding hydrogens is 288 g/mol. The van der Waals surface area contributed by atoms with Crippen molar-refractivity contribution in [3.05, 3.63) is 17.2 Å². The molecule has 0 spiro atoms. The fourth-order valence-corrected chi connectivity index (χ4v) is 2.28. The zero-order valence-electron chi connectivity index (χ0n) is 10.2. The Morgan fingerprint density at radius 2 is 2.37 bits per heavy atom. The minimum Gasteiger partial charge on any atom is -0.385 e. The van der Waals surface area contributed by atoms with Crippen LogP contribution in [0.3, 0.4) is 0 Å². The van der Waals surface area contributed by atoms with E-state index in [4.69, 9.17) is 22.1 Å². The van der Waals surface area contributed by atoms with E-state index in [0.717, 1.165) is 11.7 Å². The normalized spacial score (nSPS) is 12.6. The number of nitrogens with one attached hydrogen (secondary N) is 1. The lowest BCUT2D eigenvalue weighted by Gasteiger charge is -2.12. The molecule has 0 aliphatic carbocycles. The Kier molecular flexibility index (Phi) is 4.65. The van der Waals surface area contributed by atoms with Crippen molar-refractivity contribution < 1.29 is 9.53 Å². The SMILES string of the molecule is COCCC(N)C(=O)Nc1c(Cl)ccc2nsnc12. The molecule has 19 heavy (non-hydrogen) atoms. The van der Waals surface area contributed by atoms with Crippen molar-refractivity contribution in [2.24, 2.45) is 5.73 Å². The summed E-state index contributed by atoms with van der Waals surface area (Å²) in [4.78, 5) is 11.9. The van der Waals surface area contributed by atoms with Crippen LogP contribution in [0.2, 0.25) is 5.02 Å². The van der Waals surface area contributed by atoms with Gasteiger partial charge in [-0.1, -0.05) is 11.6 Å². The molecule has 0 bridgehead atoms. The first-order chi connectivity index (χ1) is 9.13. The molecule has 102 valence electrons. The minimum absolute atomic E-state index is 0.320. The van der Waals surface area contributed by atoms with Crippen LogP contribution < -0.4 is 11.1 Å². The molecule has 2 rings (SSSR count). The average Bonchev–Trinajstić information content (AvgIpc) is 2.87. The van der Waals surface area contributed by atoms with Crippen LogP contribution in [0.15, 0.2) is 12.1 Å². The van der Waals surface area contributed by atoms with Gasteiger partial charge in [0.15, 0.2) is 0 Å². The van der Waals surface area contributed by atoms with Crippen LogP contribution in [0.5, 0.6) is 0 Å². The number of nitrogens with zero attached hydrogens (tertiary/aromatic N) is 2. The van der Waals surface area contributed by atoms with Gasteiger partial charge in [0, 0.05) is 13.7 Å². The summed E-state index contributed by atoms with van der Waals surface area (Å²) in [6, 6.07) is 2.77. The fraction of sp³-hybridized carbons (Fsp3) is 0.364. The van der Waals surface area contributed by atoms with E-state index in [-0.39, 0.29) is 5.91 Å². The van der Waals surface area contributed by atoms with Crippen molar-refractivity contribution >= 4 is 46.0 Å². The van der Waals surface area contributed by atoms with Crippen molar-refractivity contribution in [1.82, 2.24) is 8.75 Å². The average molecular weight is 301 g/mol. The molecule has 0 saturated carbocycles. The molecule has 0 fully saturated rings. The number of methoxy groups -OCH3 is 1. The molecule has 1 atom stereocenters. The van der Waals surface area contributed by atoms with E-state index in [1.165, 1.54) is 0 Å². The predicted molar refractivity (Wildman–Crippen MR) is 75.5 cm³/mol. The Bertz CT molecular complexity index is 589. The van der Waals surface area contributed by atoms with Crippen molar-refractivity contribution in [3.63, 3.8) is 0 Å². The molecule has 1 unspecified atom stereocenters. The molecule has 1 aromatic carbocycles. The lowest BCUT2D eigenvalue weighted by atomic mass is 10.2. The number of nitrogens with two attached hydrogens (primary N) is 1. The number of carbonyl (C=O) groups excluding carboxylic acids is 1. The Morgan fingerprint density at radius 3 is 3.11 bits per heavy atom. The highest BCUT2D eigenvalue weighted by Crippen LogP contribution is 2.29. The minimum atomic E-state index is -0.655. The number of carbonyl (C=O) groups is 1. The van der Waals surface area contributed by atoms with Crippen LogP contribution >= 0.6 is 23.3 Å². The highest BCUT2D eigenvalue weighted by molar-refractivity contribution is 7.00. The number of benzene rings is 1. The zero-order valence-corrected chi connectivity index (χ0v) is 11.8. The van der Waals surface area contributed by atoms with Crippen molar-refractivity contribution in [3.8, 4) is 0 Å². The van der Waals surface area contributed by atoms with Crippen LogP contribution in [-0.2, 0) is 9.53 Å². The van der Waals surface area contributed by atoms with E-state index >= 15 is 0 Å². The Hall–Kier alpha value is -1.28. The highest BCUT2D eigenvalue weighted by atomic mass is 35.5. The number of hydrogen-bond donors (Lipinski definition) is 2. The monoisotopic (exact) mass is 300 g/mol. The van der Waals surface area contributed by atoms with Crippen LogP contribution in [0.4, 0.5) is 5.69 Å². The summed E-state index contributed by atoms with van der Waals surface area (Å²) in [5.74, 6) is -0.320. The number of fused-ring (bicyclic) bond motifs is 1. The van der Waals surface area contributed by atoms with Crippen molar-refractivity contribution in [1.29, 1.82) is 0 Å². The van der Waals surface area contributed by atoms with Gasteiger partial charge in [-0.15, -0.1) is 0 Å². The third-order valence-corrected chi connectivity index (χ3v) is 3.45. The first-order valence-corrected chi connectivity index (χ1v) is 6.70. The highest BCUT2D eigenvalue weighted by Gasteiger charge is 2.17. The van der Waals surface area contributed by atoms with Crippen LogP contribution in [0.1, 0.15) is 6.42 Å². The summed E-state index contributed by atoms with van der Waals surface area (Å²) < 4.78 is 13.1. The zero-order chi connectivity index (χ0) is 13.8. The van der Waals surface area contributed by atoms with Gasteiger partial charge >= 0.3 is 0 Å². The van der Waals surface area contributed by atoms with Gasteiger partial charge in [0.05, 0.1) is 28.5 Å². The Labute approximate surface area is 119 Å². The van der Waals surface area contributed by atoms with E-state index in [2.05, 4.69) is 14.1 Å². The summed E-state index contributed by atoms with van der Waals surface area (Å²) in [5.41, 5.74) is 7.47. The van der Waals surface area contributed by atoms with Gasteiger partial charge in [0.1, 0.15) is 11.0 Å². The molecular formula is C11H13ClN4O2S. The predicted octanol–water partition coefficient (Wildman–Crippen LogP) is 1.65. The number of hydrogen-bond acceptors (Lipinski definition) is 6. The molecule has 0 aliphatic rings. The van der Waals surface area contributed by atoms with E-state index < -0.39 is 6.04 Å². The van der Waals surface area contributed by atoms with Gasteiger partial charge < -0.3 is 15.8 Å². The first-order valence-electron chi connectivity index (χ1n) is 5.59. The van der Waals surface area contributed by atoms with Gasteiger partial charge in [-0.2, -0.15) is 8.75 Å². The quantitative estimate of drug-likeness (QED) is 0.876. The molecule has 0 radical (unpaired) electrons. The smallest absolute Gasteiger partial charge is 0.241 e. The Morgan fingerprint density at radius 1 is 1.58 bits per heavy atom. The van der Waals surface area contributed by atoms with Gasteiger partial charge in [0.2, 0.25) is 5.91 Å². The third kappa shape index (κ3) is 3.19. The molecule has 1 amide bonds. The molecule has 1 aromatic heterocycles. The maximum atomic E-state index is 11.9. The lowest BCUT2D eigenvalue weighted by Crippen LogP contribution is -2.36. The summed E-state index contributed by atoms with van der Waals surface area (Å²) >= 11 is 7.13. The molecule has 8 heteroatoms. The molecule has 0 aliphatic heterocycles. The van der Waals surface area contributed by atoms with E-state index in [0.29, 0.717) is 34.8 Å². The summed E-state index contributed by atoms with van der Waals surface area (Å²) in [7, 11) is 1.56. The first kappa shape index (κ1) is 14.1. The van der Waals surface area contributed by atoms with Crippen molar-refractivity contribution in [2.75, 3.05) is 19.0 Å². The van der Waals surface area contributed by atoms with Crippen LogP contribution in [-0.4, -0.2) is 34.4 Å². The number of rotatable bonds is 5. The second-order valence-electron chi connectivity index (χ2n) is 3.93. The van der Waals surface area contributed by atoms with Crippen LogP contribution in [0, 0.1) is 0 Å². The number of ether oxygens (including phenoxy) is 1. The maximum absolute atomic E-state index is 11.9. The standard InChI is InChI=1S/C11H13ClN4O2S/c1-18-5-4-7(13)11(17)14-9-6(12)2-3-8-10(9)16-19-15-8/h2-3,7H,4-5,13H2,1H3,(H,14,17). The number of amides is 1. The van der Waals surface area contributed by atoms with E-state index in [9.17, 15) is 4.79 Å². The number of anilines is 1. The largest absolute Gasteiger partial charge is 0.385 e. The third-order valence-electron chi connectivity index (χ3n) is 2.60. The molecule has 1 heterocycles. The summed E-state index contributed by atoms with van der Waals surface area (Å²) in [6.07, 6.45) is 0.436. The van der Waals surface area contributed by atoms with E-state index in [1.54, 1.807) is 19.2 Å². The molecule has 2 aromatic rings. The molecule has 0 saturated heterocycles. The molecule has 6 nitrogen and oxygen atoms in total. The van der Waals surface area contributed by atoms with Gasteiger partial charge in [-0.25, -0.2) is 0 Å². The molecule has 3 N–H and O–H groups in total. The van der Waals surface area contributed by atoms with Gasteiger partial charge in [-0.05, 0) is 18.6 Å². The number of aromatic nitrogens is 2. The maximum Gasteiger partial charge on any atom is 0.241 e. The lowest BCUT2D eigenvalue weighted by molar-refractivity contribution is -0.117. The second-order valence-corrected chi connectivity index (χ2v) is 4.87. The fourth-order valence-electron chi connectivity index (χ4n) is 1.54. The summed E-state index contributed by atoms with van der Waals surface area (Å²) in [5, 5.41) is 3.11.